The minimum absolute atomic E-state index is 0.000775. The second-order valence-corrected chi connectivity index (χ2v) is 5.59. The van der Waals surface area contributed by atoms with Crippen LogP contribution < -0.4 is 10.6 Å². The lowest BCUT2D eigenvalue weighted by Crippen LogP contribution is -2.30. The van der Waals surface area contributed by atoms with E-state index in [4.69, 9.17) is 11.1 Å². The Kier molecular flexibility index (Phi) is 4.16. The van der Waals surface area contributed by atoms with Gasteiger partial charge in [-0.25, -0.2) is 0 Å². The summed E-state index contributed by atoms with van der Waals surface area (Å²) in [7, 11) is 2.06. The molecule has 0 aliphatic heterocycles. The predicted octanol–water partition coefficient (Wildman–Crippen LogP) is 2.49. The quantitative estimate of drug-likeness (QED) is 0.650. The van der Waals surface area contributed by atoms with Gasteiger partial charge in [0.1, 0.15) is 11.5 Å². The van der Waals surface area contributed by atoms with E-state index < -0.39 is 0 Å². The van der Waals surface area contributed by atoms with Crippen LogP contribution >= 0.6 is 11.3 Å². The van der Waals surface area contributed by atoms with Gasteiger partial charge in [-0.1, -0.05) is 6.07 Å². The fraction of sp³-hybridized carbons (Fsp3) is 0.286. The van der Waals surface area contributed by atoms with Crippen molar-refractivity contribution in [2.24, 2.45) is 5.73 Å². The number of nitrogens with one attached hydrogen (secondary N) is 1. The highest BCUT2D eigenvalue weighted by molar-refractivity contribution is 7.09. The van der Waals surface area contributed by atoms with Crippen LogP contribution in [0.4, 0.5) is 5.69 Å². The number of hydrogen-bond acceptors (Lipinski definition) is 4. The zero-order valence-corrected chi connectivity index (χ0v) is 11.9. The molecule has 0 radical (unpaired) electrons. The Labute approximate surface area is 117 Å². The third kappa shape index (κ3) is 3.32. The van der Waals surface area contributed by atoms with Gasteiger partial charge in [0.25, 0.3) is 0 Å². The molecule has 100 valence electrons. The van der Waals surface area contributed by atoms with E-state index in [-0.39, 0.29) is 5.84 Å². The van der Waals surface area contributed by atoms with Crippen LogP contribution in [-0.2, 0) is 6.42 Å². The fourth-order valence-electron chi connectivity index (χ4n) is 1.87. The molecule has 2 aromatic rings. The van der Waals surface area contributed by atoms with Crippen LogP contribution in [-0.4, -0.2) is 23.9 Å². The molecule has 0 saturated heterocycles. The number of nitrogens with two attached hydrogens (primary N) is 1. The first-order valence-corrected chi connectivity index (χ1v) is 7.01. The molecule has 0 aromatic carbocycles. The summed E-state index contributed by atoms with van der Waals surface area (Å²) in [6.45, 7) is 2.19. The topological polar surface area (TPSA) is 66.0 Å². The van der Waals surface area contributed by atoms with Crippen LogP contribution in [0.2, 0.25) is 0 Å². The number of pyridine rings is 1. The van der Waals surface area contributed by atoms with Crippen LogP contribution in [0.25, 0.3) is 0 Å². The van der Waals surface area contributed by atoms with Crippen LogP contribution in [0.3, 0.4) is 0 Å². The van der Waals surface area contributed by atoms with Gasteiger partial charge in [0.15, 0.2) is 0 Å². The molecule has 4 nitrogen and oxygen atoms in total. The summed E-state index contributed by atoms with van der Waals surface area (Å²) < 4.78 is 0. The molecule has 0 aliphatic rings. The first-order chi connectivity index (χ1) is 9.08. The van der Waals surface area contributed by atoms with Gasteiger partial charge in [-0.3, -0.25) is 10.4 Å². The van der Waals surface area contributed by atoms with Crippen molar-refractivity contribution in [3.05, 3.63) is 46.4 Å². The Hall–Kier alpha value is -1.88. The number of likely N-dealkylation sites (N-methyl/N-ethyl adjacent to an activating group) is 1. The number of thiophene rings is 1. The molecule has 0 saturated carbocycles. The molecule has 1 atom stereocenters. The summed E-state index contributed by atoms with van der Waals surface area (Å²) in [5.74, 6) is 0.000775. The highest BCUT2D eigenvalue weighted by Crippen LogP contribution is 2.18. The lowest BCUT2D eigenvalue weighted by Gasteiger charge is -2.26. The summed E-state index contributed by atoms with van der Waals surface area (Å²) in [6, 6.07) is 8.37. The number of anilines is 1. The molecule has 1 unspecified atom stereocenters. The first-order valence-electron chi connectivity index (χ1n) is 6.13. The Morgan fingerprint density at radius 1 is 1.47 bits per heavy atom. The summed E-state index contributed by atoms with van der Waals surface area (Å²) in [5, 5.41) is 9.43. The molecule has 0 fully saturated rings. The van der Waals surface area contributed by atoms with Gasteiger partial charge in [-0.15, -0.1) is 11.3 Å². The number of rotatable bonds is 5. The lowest BCUT2D eigenvalue weighted by atomic mass is 10.1. The second-order valence-electron chi connectivity index (χ2n) is 4.56. The Morgan fingerprint density at radius 2 is 2.26 bits per heavy atom. The van der Waals surface area contributed by atoms with E-state index in [0.29, 0.717) is 11.7 Å². The number of aromatic nitrogens is 1. The fourth-order valence-corrected chi connectivity index (χ4v) is 2.69. The van der Waals surface area contributed by atoms with Gasteiger partial charge in [0.2, 0.25) is 0 Å². The Balaban J connectivity index is 2.06. The van der Waals surface area contributed by atoms with E-state index >= 15 is 0 Å². The Morgan fingerprint density at radius 3 is 2.79 bits per heavy atom. The van der Waals surface area contributed by atoms with E-state index in [2.05, 4.69) is 41.4 Å². The van der Waals surface area contributed by atoms with Crippen LogP contribution in [0.5, 0.6) is 0 Å². The maximum absolute atomic E-state index is 7.33. The van der Waals surface area contributed by atoms with Crippen molar-refractivity contribution in [3.63, 3.8) is 0 Å². The largest absolute Gasteiger partial charge is 0.382 e. The molecule has 2 heterocycles. The molecule has 2 rings (SSSR count). The molecular weight excluding hydrogens is 256 g/mol. The van der Waals surface area contributed by atoms with Gasteiger partial charge in [0, 0.05) is 24.4 Å². The molecule has 19 heavy (non-hydrogen) atoms. The zero-order valence-electron chi connectivity index (χ0n) is 11.1. The average Bonchev–Trinajstić information content (AvgIpc) is 2.90. The number of amidine groups is 1. The molecule has 3 N–H and O–H groups in total. The summed E-state index contributed by atoms with van der Waals surface area (Å²) in [6.07, 6.45) is 2.78. The highest BCUT2D eigenvalue weighted by atomic mass is 32.1. The van der Waals surface area contributed by atoms with Crippen molar-refractivity contribution < 1.29 is 0 Å². The standard InChI is InChI=1S/C14H18N4S/c1-10(8-12-4-3-7-19-12)18(2)11-5-6-13(14(15)16)17-9-11/h3-7,9-10H,8H2,1-2H3,(H3,15,16). The molecule has 0 spiro atoms. The number of hydrogen-bond donors (Lipinski definition) is 2. The molecule has 2 aromatic heterocycles. The molecule has 0 bridgehead atoms. The molecule has 0 aliphatic carbocycles. The van der Waals surface area contributed by atoms with Gasteiger partial charge < -0.3 is 10.6 Å². The van der Waals surface area contributed by atoms with Crippen molar-refractivity contribution in [2.75, 3.05) is 11.9 Å². The third-order valence-electron chi connectivity index (χ3n) is 3.17. The van der Waals surface area contributed by atoms with Gasteiger partial charge >= 0.3 is 0 Å². The second kappa shape index (κ2) is 5.84. The minimum Gasteiger partial charge on any atom is -0.382 e. The minimum atomic E-state index is 0.000775. The first kappa shape index (κ1) is 13.5. The normalized spacial score (nSPS) is 12.1. The monoisotopic (exact) mass is 274 g/mol. The van der Waals surface area contributed by atoms with E-state index in [1.165, 1.54) is 4.88 Å². The van der Waals surface area contributed by atoms with E-state index in [9.17, 15) is 0 Å². The highest BCUT2D eigenvalue weighted by Gasteiger charge is 2.12. The molecular formula is C14H18N4S. The van der Waals surface area contributed by atoms with E-state index in [0.717, 1.165) is 12.1 Å². The molecule has 5 heteroatoms. The summed E-state index contributed by atoms with van der Waals surface area (Å²) >= 11 is 1.78. The van der Waals surface area contributed by atoms with Crippen LogP contribution in [0.15, 0.2) is 35.8 Å². The van der Waals surface area contributed by atoms with Gasteiger partial charge in [0.05, 0.1) is 11.9 Å². The third-order valence-corrected chi connectivity index (χ3v) is 4.07. The Bertz CT molecular complexity index is 533. The lowest BCUT2D eigenvalue weighted by molar-refractivity contribution is 0.687. The van der Waals surface area contributed by atoms with Gasteiger partial charge in [-0.05, 0) is 30.5 Å². The van der Waals surface area contributed by atoms with Crippen molar-refractivity contribution in [2.45, 2.75) is 19.4 Å². The number of nitrogens with zero attached hydrogens (tertiary/aromatic N) is 2. The van der Waals surface area contributed by atoms with Crippen LogP contribution in [0.1, 0.15) is 17.5 Å². The zero-order chi connectivity index (χ0) is 13.8. The summed E-state index contributed by atoms with van der Waals surface area (Å²) in [5.41, 5.74) is 6.95. The van der Waals surface area contributed by atoms with Crippen molar-refractivity contribution in [3.8, 4) is 0 Å². The van der Waals surface area contributed by atoms with Crippen LogP contribution in [0, 0.1) is 5.41 Å². The maximum Gasteiger partial charge on any atom is 0.141 e. The average molecular weight is 274 g/mol. The number of nitrogen functional groups attached to an aromatic ring is 1. The predicted molar refractivity (Wildman–Crippen MR) is 81.1 cm³/mol. The van der Waals surface area contributed by atoms with Gasteiger partial charge in [-0.2, -0.15) is 0 Å². The SMILES string of the molecule is CC(Cc1cccs1)N(C)c1ccc(C(=N)N)nc1. The molecule has 0 amide bonds. The van der Waals surface area contributed by atoms with E-state index in [1.807, 2.05) is 6.07 Å². The van der Waals surface area contributed by atoms with Crippen molar-refractivity contribution in [1.29, 1.82) is 5.41 Å². The van der Waals surface area contributed by atoms with E-state index in [1.54, 1.807) is 23.6 Å². The smallest absolute Gasteiger partial charge is 0.141 e. The maximum atomic E-state index is 7.33. The summed E-state index contributed by atoms with van der Waals surface area (Å²) in [4.78, 5) is 7.76. The van der Waals surface area contributed by atoms with Crippen molar-refractivity contribution >= 4 is 22.9 Å². The van der Waals surface area contributed by atoms with Crippen molar-refractivity contribution in [1.82, 2.24) is 4.98 Å².